The lowest BCUT2D eigenvalue weighted by molar-refractivity contribution is 0.248. The van der Waals surface area contributed by atoms with Crippen molar-refractivity contribution in [3.05, 3.63) is 28.9 Å². The van der Waals surface area contributed by atoms with Gasteiger partial charge < -0.3 is 5.73 Å². The maximum absolute atomic E-state index is 10.9. The van der Waals surface area contributed by atoms with Crippen LogP contribution in [0.5, 0.6) is 0 Å². The minimum Gasteiger partial charge on any atom is -0.350 e. The lowest BCUT2D eigenvalue weighted by atomic mass is 10.3. The van der Waals surface area contributed by atoms with Crippen molar-refractivity contribution in [2.45, 2.75) is 0 Å². The Kier molecular flexibility index (Phi) is 1.81. The monoisotopic (exact) mass is 238 g/mol. The number of rotatable bonds is 0. The van der Waals surface area contributed by atoms with Gasteiger partial charge in [-0.2, -0.15) is 9.78 Å². The molecule has 0 spiro atoms. The van der Waals surface area contributed by atoms with Crippen molar-refractivity contribution in [3.8, 4) is 0 Å². The summed E-state index contributed by atoms with van der Waals surface area (Å²) in [6.07, 6.45) is 2.69. The fourth-order valence-corrected chi connectivity index (χ4v) is 1.47. The zero-order chi connectivity index (χ0) is 9.42. The highest BCUT2D eigenvalue weighted by Crippen LogP contribution is 2.18. The second-order valence-electron chi connectivity index (χ2n) is 2.52. The molecule has 0 saturated carbocycles. The van der Waals surface area contributed by atoms with Crippen LogP contribution in [-0.4, -0.2) is 15.8 Å². The summed E-state index contributed by atoms with van der Waals surface area (Å²) in [7, 11) is 0. The minimum absolute atomic E-state index is 0.603. The number of carbonyl (C=O) groups excluding carboxylic acids is 1. The van der Waals surface area contributed by atoms with Gasteiger partial charge in [0.2, 0.25) is 0 Å². The zero-order valence-corrected chi connectivity index (χ0v) is 8.08. The highest BCUT2D eigenvalue weighted by Gasteiger charge is 2.06. The lowest BCUT2D eigenvalue weighted by Gasteiger charge is -1.95. The highest BCUT2D eigenvalue weighted by molar-refractivity contribution is 9.10. The standard InChI is InChI=1S/C8H5BrN3O/c9-6-1-2-7-5(3-6)4-11-12(7)8(10)13/h1-3H,(H2,10,13). The molecule has 13 heavy (non-hydrogen) atoms. The number of nitrogens with two attached hydrogens (primary N) is 1. The van der Waals surface area contributed by atoms with E-state index < -0.39 is 6.03 Å². The Bertz CT molecular complexity index is 477. The van der Waals surface area contributed by atoms with Gasteiger partial charge in [0, 0.05) is 9.86 Å². The molecule has 0 unspecified atom stereocenters. The molecule has 0 fully saturated rings. The summed E-state index contributed by atoms with van der Waals surface area (Å²) < 4.78 is 2.03. The molecular formula is C8H5BrN3O. The first kappa shape index (κ1) is 8.25. The van der Waals surface area contributed by atoms with Gasteiger partial charge in [0.25, 0.3) is 0 Å². The molecule has 0 atom stereocenters. The van der Waals surface area contributed by atoms with E-state index in [1.165, 1.54) is 0 Å². The molecule has 0 bridgehead atoms. The van der Waals surface area contributed by atoms with Gasteiger partial charge >= 0.3 is 6.03 Å². The third-order valence-electron chi connectivity index (χ3n) is 1.67. The van der Waals surface area contributed by atoms with E-state index in [0.717, 1.165) is 14.5 Å². The van der Waals surface area contributed by atoms with Crippen LogP contribution in [0, 0.1) is 6.20 Å². The molecule has 2 aromatic rings. The van der Waals surface area contributed by atoms with Gasteiger partial charge in [0.15, 0.2) is 0 Å². The maximum Gasteiger partial charge on any atom is 0.340 e. The van der Waals surface area contributed by atoms with Crippen molar-refractivity contribution in [1.82, 2.24) is 9.78 Å². The normalized spacial score (nSPS) is 10.5. The molecular weight excluding hydrogens is 234 g/mol. The van der Waals surface area contributed by atoms with Crippen LogP contribution in [0.1, 0.15) is 0 Å². The topological polar surface area (TPSA) is 60.9 Å². The lowest BCUT2D eigenvalue weighted by Crippen LogP contribution is -2.20. The number of benzene rings is 1. The molecule has 1 heterocycles. The largest absolute Gasteiger partial charge is 0.350 e. The Morgan fingerprint density at radius 3 is 3.08 bits per heavy atom. The van der Waals surface area contributed by atoms with E-state index in [1.807, 2.05) is 12.1 Å². The molecule has 1 radical (unpaired) electrons. The number of amides is 1. The fourth-order valence-electron chi connectivity index (χ4n) is 1.11. The van der Waals surface area contributed by atoms with Crippen LogP contribution in [0.4, 0.5) is 4.79 Å². The van der Waals surface area contributed by atoms with E-state index in [4.69, 9.17) is 5.73 Å². The molecule has 4 nitrogen and oxygen atoms in total. The van der Waals surface area contributed by atoms with Crippen molar-refractivity contribution >= 4 is 32.9 Å². The summed E-state index contributed by atoms with van der Waals surface area (Å²) >= 11 is 3.31. The van der Waals surface area contributed by atoms with Crippen LogP contribution in [-0.2, 0) is 0 Å². The second kappa shape index (κ2) is 2.85. The molecule has 0 aliphatic rings. The first-order chi connectivity index (χ1) is 6.18. The molecule has 0 aliphatic carbocycles. The number of hydrogen-bond donors (Lipinski definition) is 1. The molecule has 1 amide bonds. The van der Waals surface area contributed by atoms with Crippen LogP contribution in [0.2, 0.25) is 0 Å². The third-order valence-corrected chi connectivity index (χ3v) is 2.16. The molecule has 0 saturated heterocycles. The Morgan fingerprint density at radius 2 is 2.38 bits per heavy atom. The van der Waals surface area contributed by atoms with Crippen LogP contribution in [0.15, 0.2) is 22.7 Å². The molecule has 0 aliphatic heterocycles. The molecule has 65 valence electrons. The molecule has 5 heteroatoms. The number of aromatic nitrogens is 2. The molecule has 2 N–H and O–H groups in total. The van der Waals surface area contributed by atoms with Gasteiger partial charge in [-0.25, -0.2) is 4.79 Å². The minimum atomic E-state index is -0.603. The van der Waals surface area contributed by atoms with Crippen molar-refractivity contribution < 1.29 is 4.79 Å². The smallest absolute Gasteiger partial charge is 0.340 e. The number of hydrogen-bond acceptors (Lipinski definition) is 2. The number of primary amides is 1. The van der Waals surface area contributed by atoms with Crippen LogP contribution in [0.25, 0.3) is 10.9 Å². The van der Waals surface area contributed by atoms with Crippen LogP contribution in [0.3, 0.4) is 0 Å². The average Bonchev–Trinajstić information content (AvgIpc) is 2.46. The summed E-state index contributed by atoms with van der Waals surface area (Å²) in [5.41, 5.74) is 5.75. The van der Waals surface area contributed by atoms with Crippen LogP contribution >= 0.6 is 15.9 Å². The predicted molar refractivity (Wildman–Crippen MR) is 51.3 cm³/mol. The third kappa shape index (κ3) is 1.31. The molecule has 2 rings (SSSR count). The van der Waals surface area contributed by atoms with Gasteiger partial charge in [-0.3, -0.25) is 0 Å². The summed E-state index contributed by atoms with van der Waals surface area (Å²) in [4.78, 5) is 10.9. The van der Waals surface area contributed by atoms with E-state index in [9.17, 15) is 4.79 Å². The van der Waals surface area contributed by atoms with Crippen LogP contribution < -0.4 is 5.73 Å². The fraction of sp³-hybridized carbons (Fsp3) is 0. The van der Waals surface area contributed by atoms with E-state index in [2.05, 4.69) is 27.2 Å². The van der Waals surface area contributed by atoms with Gasteiger partial charge in [0.1, 0.15) is 6.20 Å². The number of carbonyl (C=O) groups is 1. The van der Waals surface area contributed by atoms with E-state index >= 15 is 0 Å². The SMILES string of the molecule is NC(=O)n1n[c]c2cc(Br)ccc21. The number of fused-ring (bicyclic) bond motifs is 1. The Balaban J connectivity index is 2.76. The first-order valence-corrected chi connectivity index (χ1v) is 4.33. The second-order valence-corrected chi connectivity index (χ2v) is 3.44. The highest BCUT2D eigenvalue weighted by atomic mass is 79.9. The summed E-state index contributed by atoms with van der Waals surface area (Å²) in [6.45, 7) is 0. The van der Waals surface area contributed by atoms with E-state index in [-0.39, 0.29) is 0 Å². The van der Waals surface area contributed by atoms with Gasteiger partial charge in [-0.15, -0.1) is 0 Å². The Morgan fingerprint density at radius 1 is 1.62 bits per heavy atom. The Labute approximate surface area is 82.5 Å². The van der Waals surface area contributed by atoms with E-state index in [1.54, 1.807) is 6.07 Å². The van der Waals surface area contributed by atoms with Crippen molar-refractivity contribution in [2.24, 2.45) is 5.73 Å². The summed E-state index contributed by atoms with van der Waals surface area (Å²) in [5.74, 6) is 0. The first-order valence-electron chi connectivity index (χ1n) is 3.54. The Hall–Kier alpha value is -1.36. The van der Waals surface area contributed by atoms with Crippen molar-refractivity contribution in [1.29, 1.82) is 0 Å². The maximum atomic E-state index is 10.9. The van der Waals surface area contributed by atoms with Gasteiger partial charge in [-0.05, 0) is 18.2 Å². The molecule has 1 aromatic heterocycles. The van der Waals surface area contributed by atoms with Gasteiger partial charge in [-0.1, -0.05) is 15.9 Å². The summed E-state index contributed by atoms with van der Waals surface area (Å²) in [5, 5.41) is 4.49. The van der Waals surface area contributed by atoms with Crippen molar-refractivity contribution in [3.63, 3.8) is 0 Å². The number of halogens is 1. The average molecular weight is 239 g/mol. The summed E-state index contributed by atoms with van der Waals surface area (Å²) in [6, 6.07) is 4.79. The quantitative estimate of drug-likeness (QED) is 0.757. The molecule has 1 aromatic carbocycles. The number of nitrogens with zero attached hydrogens (tertiary/aromatic N) is 2. The zero-order valence-electron chi connectivity index (χ0n) is 6.49. The van der Waals surface area contributed by atoms with E-state index in [0.29, 0.717) is 5.52 Å². The van der Waals surface area contributed by atoms with Gasteiger partial charge in [0.05, 0.1) is 5.52 Å². The van der Waals surface area contributed by atoms with Crippen molar-refractivity contribution in [2.75, 3.05) is 0 Å². The predicted octanol–water partition coefficient (Wildman–Crippen LogP) is 1.53.